The number of rotatable bonds is 3. The molecule has 0 atom stereocenters. The molecule has 3 aromatic carbocycles. The Morgan fingerprint density at radius 2 is 1.71 bits per heavy atom. The van der Waals surface area contributed by atoms with Gasteiger partial charge in [0.05, 0.1) is 12.7 Å². The molecule has 0 heterocycles. The maximum Gasteiger partial charge on any atom is 0.337 e. The van der Waals surface area contributed by atoms with Gasteiger partial charge in [-0.1, -0.05) is 47.7 Å². The fourth-order valence-electron chi connectivity index (χ4n) is 2.74. The maximum absolute atomic E-state index is 11.4. The molecule has 0 bridgehead atoms. The second-order valence-corrected chi connectivity index (χ2v) is 6.31. The first-order valence-corrected chi connectivity index (χ1v) is 8.83. The normalized spacial score (nSPS) is 10.4. The zero-order valence-electron chi connectivity index (χ0n) is 15.8. The third-order valence-corrected chi connectivity index (χ3v) is 4.27. The Labute approximate surface area is 164 Å². The first-order valence-electron chi connectivity index (χ1n) is 8.83. The topological polar surface area (TPSA) is 46.5 Å². The monoisotopic (exact) mass is 368 g/mol. The van der Waals surface area contributed by atoms with Gasteiger partial charge in [0.15, 0.2) is 0 Å². The van der Waals surface area contributed by atoms with Gasteiger partial charge in [0.1, 0.15) is 5.75 Å². The summed E-state index contributed by atoms with van der Waals surface area (Å²) in [6.45, 7) is 2.04. The molecule has 0 aromatic heterocycles. The molecule has 3 nitrogen and oxygen atoms in total. The van der Waals surface area contributed by atoms with E-state index < -0.39 is 0 Å². The van der Waals surface area contributed by atoms with Crippen molar-refractivity contribution in [1.29, 1.82) is 0 Å². The number of carbonyl (C=O) groups excluding carboxylic acids is 1. The van der Waals surface area contributed by atoms with E-state index in [1.165, 1.54) is 12.7 Å². The van der Waals surface area contributed by atoms with Crippen LogP contribution < -0.4 is 0 Å². The van der Waals surface area contributed by atoms with Gasteiger partial charge in [-0.15, -0.1) is 0 Å². The van der Waals surface area contributed by atoms with Crippen LogP contribution in [0.4, 0.5) is 0 Å². The first-order chi connectivity index (χ1) is 13.6. The molecule has 28 heavy (non-hydrogen) atoms. The van der Waals surface area contributed by atoms with E-state index in [1.807, 2.05) is 43.3 Å². The number of carbonyl (C=O) groups is 1. The van der Waals surface area contributed by atoms with Crippen molar-refractivity contribution in [1.82, 2.24) is 0 Å². The summed E-state index contributed by atoms with van der Waals surface area (Å²) in [5.74, 6) is 5.91. The fourth-order valence-corrected chi connectivity index (χ4v) is 2.74. The van der Waals surface area contributed by atoms with Crippen LogP contribution in [0.1, 0.15) is 27.0 Å². The van der Waals surface area contributed by atoms with Crippen LogP contribution in [0, 0.1) is 18.8 Å². The fraction of sp³-hybridized carbons (Fsp3) is 0.0800. The lowest BCUT2D eigenvalue weighted by Crippen LogP contribution is -2.00. The standard InChI is InChI=1S/C25H20O3/c1-18-7-11-21(12-8-18)24-17-23(26)16-15-20(24)6-4-3-5-19-9-13-22(14-10-19)25(27)28-2/h4,6-17,26H,1-2H3. The molecule has 0 amide bonds. The summed E-state index contributed by atoms with van der Waals surface area (Å²) in [6.07, 6.45) is 3.70. The first kappa shape index (κ1) is 19.0. The minimum absolute atomic E-state index is 0.226. The number of aromatic hydroxyl groups is 1. The molecular formula is C25H20O3. The van der Waals surface area contributed by atoms with Gasteiger partial charge in [-0.2, -0.15) is 0 Å². The Morgan fingerprint density at radius 3 is 2.39 bits per heavy atom. The van der Waals surface area contributed by atoms with E-state index in [4.69, 9.17) is 0 Å². The summed E-state index contributed by atoms with van der Waals surface area (Å²) in [6, 6.07) is 20.4. The number of hydrogen-bond acceptors (Lipinski definition) is 3. The minimum atomic E-state index is -0.365. The predicted octanol–water partition coefficient (Wildman–Crippen LogP) is 5.22. The lowest BCUT2D eigenvalue weighted by molar-refractivity contribution is 0.0600. The zero-order chi connectivity index (χ0) is 19.9. The summed E-state index contributed by atoms with van der Waals surface area (Å²) in [7, 11) is 1.36. The molecule has 3 rings (SSSR count). The number of allylic oxidation sites excluding steroid dienone is 1. The molecular weight excluding hydrogens is 348 g/mol. The SMILES string of the molecule is COC(=O)c1ccc(C#CC=Cc2ccc(O)cc2-c2ccc(C)cc2)cc1. The van der Waals surface area contributed by atoms with Gasteiger partial charge in [-0.3, -0.25) is 0 Å². The van der Waals surface area contributed by atoms with Gasteiger partial charge in [0, 0.05) is 5.56 Å². The van der Waals surface area contributed by atoms with Crippen LogP contribution >= 0.6 is 0 Å². The lowest BCUT2D eigenvalue weighted by Gasteiger charge is -2.07. The average Bonchev–Trinajstić information content (AvgIpc) is 2.72. The largest absolute Gasteiger partial charge is 0.508 e. The summed E-state index contributed by atoms with van der Waals surface area (Å²) in [5.41, 5.74) is 5.44. The summed E-state index contributed by atoms with van der Waals surface area (Å²) in [5, 5.41) is 9.87. The number of esters is 1. The van der Waals surface area contributed by atoms with Crippen molar-refractivity contribution in [2.75, 3.05) is 7.11 Å². The lowest BCUT2D eigenvalue weighted by atomic mass is 9.98. The highest BCUT2D eigenvalue weighted by Gasteiger charge is 2.05. The number of aryl methyl sites for hydroxylation is 1. The third-order valence-electron chi connectivity index (χ3n) is 4.27. The highest BCUT2D eigenvalue weighted by atomic mass is 16.5. The number of phenolic OH excluding ortho intramolecular Hbond substituents is 1. The molecule has 0 saturated heterocycles. The van der Waals surface area contributed by atoms with Crippen molar-refractivity contribution >= 4 is 12.0 Å². The molecule has 0 saturated carbocycles. The van der Waals surface area contributed by atoms with Crippen molar-refractivity contribution in [2.24, 2.45) is 0 Å². The Morgan fingerprint density at radius 1 is 1.00 bits per heavy atom. The van der Waals surface area contributed by atoms with Crippen LogP contribution in [0.5, 0.6) is 5.75 Å². The number of phenols is 1. The number of ether oxygens (including phenoxy) is 1. The molecule has 0 aliphatic rings. The second kappa shape index (κ2) is 8.75. The number of benzene rings is 3. The minimum Gasteiger partial charge on any atom is -0.508 e. The summed E-state index contributed by atoms with van der Waals surface area (Å²) < 4.78 is 4.68. The van der Waals surface area contributed by atoms with Gasteiger partial charge in [0.25, 0.3) is 0 Å². The molecule has 3 heteroatoms. The van der Waals surface area contributed by atoms with Crippen molar-refractivity contribution in [3.63, 3.8) is 0 Å². The van der Waals surface area contributed by atoms with Crippen LogP contribution in [-0.2, 0) is 4.74 Å². The number of methoxy groups -OCH3 is 1. The Kier molecular flexibility index (Phi) is 5.94. The maximum atomic E-state index is 11.4. The van der Waals surface area contributed by atoms with E-state index in [-0.39, 0.29) is 11.7 Å². The quantitative estimate of drug-likeness (QED) is 0.509. The smallest absolute Gasteiger partial charge is 0.337 e. The van der Waals surface area contributed by atoms with Crippen LogP contribution in [-0.4, -0.2) is 18.2 Å². The zero-order valence-corrected chi connectivity index (χ0v) is 15.8. The van der Waals surface area contributed by atoms with E-state index >= 15 is 0 Å². The summed E-state index contributed by atoms with van der Waals surface area (Å²) in [4.78, 5) is 11.4. The predicted molar refractivity (Wildman–Crippen MR) is 112 cm³/mol. The molecule has 0 aliphatic carbocycles. The average molecular weight is 368 g/mol. The van der Waals surface area contributed by atoms with E-state index in [0.29, 0.717) is 5.56 Å². The van der Waals surface area contributed by atoms with Gasteiger partial charge >= 0.3 is 5.97 Å². The summed E-state index contributed by atoms with van der Waals surface area (Å²) >= 11 is 0. The molecule has 0 radical (unpaired) electrons. The van der Waals surface area contributed by atoms with Crippen LogP contribution in [0.25, 0.3) is 17.2 Å². The van der Waals surface area contributed by atoms with Gasteiger partial charge in [-0.25, -0.2) is 4.79 Å². The van der Waals surface area contributed by atoms with Crippen LogP contribution in [0.15, 0.2) is 72.8 Å². The molecule has 138 valence electrons. The molecule has 0 spiro atoms. The van der Waals surface area contributed by atoms with Crippen LogP contribution in [0.2, 0.25) is 0 Å². The Bertz CT molecular complexity index is 1060. The van der Waals surface area contributed by atoms with Crippen molar-refractivity contribution in [3.05, 3.63) is 95.1 Å². The molecule has 3 aromatic rings. The van der Waals surface area contributed by atoms with Gasteiger partial charge < -0.3 is 9.84 Å². The molecule has 0 fully saturated rings. The van der Waals surface area contributed by atoms with Gasteiger partial charge in [0.2, 0.25) is 0 Å². The molecule has 0 aliphatic heterocycles. The molecule has 1 N–H and O–H groups in total. The van der Waals surface area contributed by atoms with Crippen LogP contribution in [0.3, 0.4) is 0 Å². The number of hydrogen-bond donors (Lipinski definition) is 1. The Hall–Kier alpha value is -3.77. The van der Waals surface area contributed by atoms with Gasteiger partial charge in [-0.05, 0) is 72.2 Å². The highest BCUT2D eigenvalue weighted by molar-refractivity contribution is 5.89. The molecule has 0 unspecified atom stereocenters. The third kappa shape index (κ3) is 4.69. The van der Waals surface area contributed by atoms with E-state index in [1.54, 1.807) is 42.5 Å². The van der Waals surface area contributed by atoms with Crippen molar-refractivity contribution in [3.8, 4) is 28.7 Å². The van der Waals surface area contributed by atoms with Crippen molar-refractivity contribution < 1.29 is 14.6 Å². The second-order valence-electron chi connectivity index (χ2n) is 6.31. The Balaban J connectivity index is 1.81. The van der Waals surface area contributed by atoms with E-state index in [2.05, 4.69) is 16.6 Å². The van der Waals surface area contributed by atoms with E-state index in [0.717, 1.165) is 22.3 Å². The van der Waals surface area contributed by atoms with Crippen molar-refractivity contribution in [2.45, 2.75) is 6.92 Å². The van der Waals surface area contributed by atoms with E-state index in [9.17, 15) is 9.90 Å². The highest BCUT2D eigenvalue weighted by Crippen LogP contribution is 2.28.